The van der Waals surface area contributed by atoms with E-state index in [0.29, 0.717) is 6.42 Å². The van der Waals surface area contributed by atoms with Crippen molar-refractivity contribution in [2.45, 2.75) is 60.3 Å². The summed E-state index contributed by atoms with van der Waals surface area (Å²) in [7, 11) is 0. The van der Waals surface area contributed by atoms with Crippen LogP contribution in [-0.2, 0) is 9.59 Å². The molecule has 1 atom stereocenters. The van der Waals surface area contributed by atoms with Crippen LogP contribution in [0.1, 0.15) is 60.3 Å². The van der Waals surface area contributed by atoms with Gasteiger partial charge in [-0.2, -0.15) is 0 Å². The van der Waals surface area contributed by atoms with Crippen molar-refractivity contribution in [2.24, 2.45) is 10.8 Å². The van der Waals surface area contributed by atoms with Crippen molar-refractivity contribution in [1.29, 1.82) is 0 Å². The second-order valence-corrected chi connectivity index (χ2v) is 5.67. The third-order valence-corrected chi connectivity index (χ3v) is 3.62. The van der Waals surface area contributed by atoms with E-state index in [2.05, 4.69) is 13.8 Å². The molecule has 0 saturated carbocycles. The number of hydrogen-bond donors (Lipinski definition) is 1. The summed E-state index contributed by atoms with van der Waals surface area (Å²) < 4.78 is 0. The van der Waals surface area contributed by atoms with Crippen LogP contribution < -0.4 is 0 Å². The Labute approximate surface area is 98.2 Å². The van der Waals surface area contributed by atoms with E-state index in [0.717, 1.165) is 12.8 Å². The van der Waals surface area contributed by atoms with Crippen molar-refractivity contribution in [1.82, 2.24) is 0 Å². The minimum Gasteiger partial charge on any atom is -0.481 e. The maximum Gasteiger partial charge on any atom is 0.303 e. The molecule has 0 aromatic heterocycles. The summed E-state index contributed by atoms with van der Waals surface area (Å²) in [5.41, 5.74) is -0.420. The van der Waals surface area contributed by atoms with Crippen LogP contribution in [0.4, 0.5) is 0 Å². The monoisotopic (exact) mass is 228 g/mol. The number of carboxylic acid groups (broad SMARTS) is 1. The minimum atomic E-state index is -0.764. The maximum atomic E-state index is 11.5. The van der Waals surface area contributed by atoms with Gasteiger partial charge >= 0.3 is 5.97 Å². The lowest BCUT2D eigenvalue weighted by Crippen LogP contribution is -2.30. The van der Waals surface area contributed by atoms with Crippen LogP contribution in [-0.4, -0.2) is 16.9 Å². The number of Topliss-reactive ketones (excluding diaryl/α,β-unsaturated/α-hetero) is 1. The first-order chi connectivity index (χ1) is 7.13. The highest BCUT2D eigenvalue weighted by Gasteiger charge is 2.34. The molecule has 0 aromatic carbocycles. The molecule has 0 aliphatic rings. The SMILES string of the molecule is CCC(C)(CCC(=O)O)CC(C)(C)C(C)=O. The molecule has 0 aromatic rings. The Morgan fingerprint density at radius 2 is 1.69 bits per heavy atom. The van der Waals surface area contributed by atoms with Crippen molar-refractivity contribution < 1.29 is 14.7 Å². The van der Waals surface area contributed by atoms with Crippen LogP contribution in [0.3, 0.4) is 0 Å². The lowest BCUT2D eigenvalue weighted by molar-refractivity contribution is -0.137. The molecule has 0 radical (unpaired) electrons. The molecular weight excluding hydrogens is 204 g/mol. The first-order valence-corrected chi connectivity index (χ1v) is 5.86. The molecule has 1 N–H and O–H groups in total. The van der Waals surface area contributed by atoms with Gasteiger partial charge in [0.1, 0.15) is 5.78 Å². The molecular formula is C13H24O3. The summed E-state index contributed by atoms with van der Waals surface area (Å²) in [4.78, 5) is 22.1. The molecule has 0 bridgehead atoms. The average Bonchev–Trinajstić information content (AvgIpc) is 2.14. The van der Waals surface area contributed by atoms with Crippen LogP contribution >= 0.6 is 0 Å². The summed E-state index contributed by atoms with van der Waals surface area (Å²) in [6, 6.07) is 0. The van der Waals surface area contributed by atoms with E-state index in [4.69, 9.17) is 5.11 Å². The molecule has 3 heteroatoms. The van der Waals surface area contributed by atoms with Crippen LogP contribution in [0, 0.1) is 10.8 Å². The average molecular weight is 228 g/mol. The second kappa shape index (κ2) is 5.46. The Kier molecular flexibility index (Phi) is 5.17. The zero-order chi connectivity index (χ0) is 13.0. The van der Waals surface area contributed by atoms with Crippen molar-refractivity contribution in [3.8, 4) is 0 Å². The summed E-state index contributed by atoms with van der Waals surface area (Å²) in [5, 5.41) is 8.71. The fraction of sp³-hybridized carbons (Fsp3) is 0.846. The molecule has 94 valence electrons. The van der Waals surface area contributed by atoms with Gasteiger partial charge in [-0.25, -0.2) is 0 Å². The molecule has 3 nitrogen and oxygen atoms in total. The fourth-order valence-electron chi connectivity index (χ4n) is 1.99. The second-order valence-electron chi connectivity index (χ2n) is 5.67. The predicted octanol–water partition coefficient (Wildman–Crippen LogP) is 3.27. The molecule has 0 amide bonds. The quantitative estimate of drug-likeness (QED) is 0.727. The summed E-state index contributed by atoms with van der Waals surface area (Å²) in [6.07, 6.45) is 2.46. The molecule has 0 saturated heterocycles. The van der Waals surface area contributed by atoms with E-state index in [-0.39, 0.29) is 23.0 Å². The van der Waals surface area contributed by atoms with Gasteiger partial charge in [0.05, 0.1) is 0 Å². The van der Waals surface area contributed by atoms with Crippen LogP contribution in [0.5, 0.6) is 0 Å². The van der Waals surface area contributed by atoms with Crippen molar-refractivity contribution in [3.05, 3.63) is 0 Å². The van der Waals surface area contributed by atoms with E-state index in [1.54, 1.807) is 6.92 Å². The third kappa shape index (κ3) is 4.77. The molecule has 1 unspecified atom stereocenters. The van der Waals surface area contributed by atoms with Crippen LogP contribution in [0.25, 0.3) is 0 Å². The Balaban J connectivity index is 4.59. The van der Waals surface area contributed by atoms with Gasteiger partial charge in [-0.1, -0.05) is 34.1 Å². The number of carbonyl (C=O) groups excluding carboxylic acids is 1. The normalized spacial score (nSPS) is 15.6. The van der Waals surface area contributed by atoms with Crippen LogP contribution in [0.2, 0.25) is 0 Å². The number of hydrogen-bond acceptors (Lipinski definition) is 2. The summed E-state index contributed by atoms with van der Waals surface area (Å²) in [5.74, 6) is -0.595. The van der Waals surface area contributed by atoms with Crippen molar-refractivity contribution >= 4 is 11.8 Å². The standard InChI is InChI=1S/C13H24O3/c1-6-13(5,8-7-11(15)16)9-12(3,4)10(2)14/h6-9H2,1-5H3,(H,15,16). The first-order valence-electron chi connectivity index (χ1n) is 5.86. The zero-order valence-electron chi connectivity index (χ0n) is 11.1. The van der Waals surface area contributed by atoms with E-state index in [1.807, 2.05) is 13.8 Å². The first kappa shape index (κ1) is 15.1. The smallest absolute Gasteiger partial charge is 0.303 e. The van der Waals surface area contributed by atoms with Crippen molar-refractivity contribution in [3.63, 3.8) is 0 Å². The van der Waals surface area contributed by atoms with Gasteiger partial charge < -0.3 is 5.11 Å². The Morgan fingerprint density at radius 1 is 1.19 bits per heavy atom. The molecule has 16 heavy (non-hydrogen) atoms. The molecule has 0 spiro atoms. The van der Waals surface area contributed by atoms with E-state index in [1.165, 1.54) is 0 Å². The molecule has 0 fully saturated rings. The van der Waals surface area contributed by atoms with E-state index >= 15 is 0 Å². The number of ketones is 1. The lowest BCUT2D eigenvalue weighted by Gasteiger charge is -2.35. The Bertz CT molecular complexity index is 268. The van der Waals surface area contributed by atoms with E-state index in [9.17, 15) is 9.59 Å². The lowest BCUT2D eigenvalue weighted by atomic mass is 9.69. The number of carbonyl (C=O) groups is 2. The van der Waals surface area contributed by atoms with Gasteiger partial charge in [-0.15, -0.1) is 0 Å². The Morgan fingerprint density at radius 3 is 2.00 bits per heavy atom. The molecule has 0 aliphatic heterocycles. The van der Waals surface area contributed by atoms with Gasteiger partial charge in [0.15, 0.2) is 0 Å². The topological polar surface area (TPSA) is 54.4 Å². The highest BCUT2D eigenvalue weighted by Crippen LogP contribution is 2.40. The summed E-state index contributed by atoms with van der Waals surface area (Å²) in [6.45, 7) is 9.60. The van der Waals surface area contributed by atoms with Crippen LogP contribution in [0.15, 0.2) is 0 Å². The number of aliphatic carboxylic acids is 1. The van der Waals surface area contributed by atoms with Gasteiger partial charge in [0, 0.05) is 11.8 Å². The largest absolute Gasteiger partial charge is 0.481 e. The van der Waals surface area contributed by atoms with Crippen molar-refractivity contribution in [2.75, 3.05) is 0 Å². The fourth-order valence-corrected chi connectivity index (χ4v) is 1.99. The van der Waals surface area contributed by atoms with E-state index < -0.39 is 5.97 Å². The van der Waals surface area contributed by atoms with Gasteiger partial charge in [0.2, 0.25) is 0 Å². The highest BCUT2D eigenvalue weighted by atomic mass is 16.4. The maximum absolute atomic E-state index is 11.5. The zero-order valence-corrected chi connectivity index (χ0v) is 11.1. The molecule has 0 rings (SSSR count). The molecule has 0 aliphatic carbocycles. The predicted molar refractivity (Wildman–Crippen MR) is 64.3 cm³/mol. The number of rotatable bonds is 7. The Hall–Kier alpha value is -0.860. The number of carboxylic acids is 1. The minimum absolute atomic E-state index is 0.0619. The van der Waals surface area contributed by atoms with Gasteiger partial charge in [-0.05, 0) is 25.2 Å². The van der Waals surface area contributed by atoms with Gasteiger partial charge in [-0.3, -0.25) is 9.59 Å². The summed E-state index contributed by atoms with van der Waals surface area (Å²) >= 11 is 0. The molecule has 0 heterocycles. The highest BCUT2D eigenvalue weighted by molar-refractivity contribution is 5.81. The van der Waals surface area contributed by atoms with Gasteiger partial charge in [0.25, 0.3) is 0 Å². The third-order valence-electron chi connectivity index (χ3n) is 3.62.